The van der Waals surface area contributed by atoms with E-state index in [1.54, 1.807) is 0 Å². The molecule has 1 aliphatic rings. The van der Waals surface area contributed by atoms with Gasteiger partial charge in [0.05, 0.1) is 15.8 Å². The molecule has 1 saturated carbocycles. The molecular formula is C11H18IN3. The predicted molar refractivity (Wildman–Crippen MR) is 70.6 cm³/mol. The first-order valence-electron chi connectivity index (χ1n) is 5.58. The molecule has 1 heterocycles. The van der Waals surface area contributed by atoms with E-state index in [1.807, 2.05) is 10.9 Å². The molecule has 1 aromatic heterocycles. The summed E-state index contributed by atoms with van der Waals surface area (Å²) in [6.45, 7) is 4.63. The Balaban J connectivity index is 2.25. The van der Waals surface area contributed by atoms with E-state index >= 15 is 0 Å². The molecule has 1 aliphatic carbocycles. The van der Waals surface area contributed by atoms with Crippen LogP contribution in [0.25, 0.3) is 0 Å². The summed E-state index contributed by atoms with van der Waals surface area (Å²) in [4.78, 5) is 0. The van der Waals surface area contributed by atoms with Crippen LogP contribution in [0.1, 0.15) is 39.2 Å². The van der Waals surface area contributed by atoms with Crippen LogP contribution in [0.2, 0.25) is 0 Å². The number of aromatic nitrogens is 2. The smallest absolute Gasteiger partial charge is 0.135 e. The molecule has 0 aromatic carbocycles. The average molecular weight is 319 g/mol. The van der Waals surface area contributed by atoms with Crippen molar-refractivity contribution < 1.29 is 0 Å². The second-order valence-corrected chi connectivity index (χ2v) is 5.95. The highest BCUT2D eigenvalue weighted by Gasteiger charge is 2.28. The van der Waals surface area contributed by atoms with E-state index in [-0.39, 0.29) is 0 Å². The van der Waals surface area contributed by atoms with Gasteiger partial charge in [-0.15, -0.1) is 0 Å². The Hall–Kier alpha value is -0.260. The third-order valence-corrected chi connectivity index (χ3v) is 4.35. The second-order valence-electron chi connectivity index (χ2n) is 4.79. The Morgan fingerprint density at radius 1 is 1.47 bits per heavy atom. The topological polar surface area (TPSA) is 43.8 Å². The van der Waals surface area contributed by atoms with Crippen molar-refractivity contribution in [2.75, 3.05) is 5.73 Å². The maximum atomic E-state index is 6.03. The molecular weight excluding hydrogens is 301 g/mol. The first-order chi connectivity index (χ1) is 7.09. The second kappa shape index (κ2) is 4.31. The molecule has 2 rings (SSSR count). The number of rotatable bonds is 1. The fourth-order valence-corrected chi connectivity index (χ4v) is 2.83. The lowest BCUT2D eigenvalue weighted by Gasteiger charge is -2.33. The first kappa shape index (κ1) is 11.2. The summed E-state index contributed by atoms with van der Waals surface area (Å²) in [7, 11) is 0. The molecule has 84 valence electrons. The molecule has 1 fully saturated rings. The zero-order valence-corrected chi connectivity index (χ0v) is 11.4. The number of nitrogens with zero attached hydrogens (tertiary/aromatic N) is 2. The number of nitrogens with two attached hydrogens (primary N) is 1. The Morgan fingerprint density at radius 2 is 2.20 bits per heavy atom. The molecule has 2 N–H and O–H groups in total. The van der Waals surface area contributed by atoms with Gasteiger partial charge < -0.3 is 5.73 Å². The van der Waals surface area contributed by atoms with Crippen LogP contribution < -0.4 is 5.73 Å². The van der Waals surface area contributed by atoms with Gasteiger partial charge >= 0.3 is 0 Å². The summed E-state index contributed by atoms with van der Waals surface area (Å²) < 4.78 is 3.10. The van der Waals surface area contributed by atoms with Gasteiger partial charge in [0.15, 0.2) is 0 Å². The average Bonchev–Trinajstić information content (AvgIpc) is 2.52. The zero-order chi connectivity index (χ0) is 11.0. The Labute approximate surface area is 105 Å². The summed E-state index contributed by atoms with van der Waals surface area (Å²) >= 11 is 2.25. The standard InChI is InChI=1S/C11H18IN3/c1-7-3-4-8(2)10(5-7)15-11(13)9(12)6-14-15/h6-8,10H,3-5,13H2,1-2H3. The molecule has 0 radical (unpaired) electrons. The van der Waals surface area contributed by atoms with Crippen molar-refractivity contribution in [3.05, 3.63) is 9.77 Å². The van der Waals surface area contributed by atoms with Gasteiger partial charge in [0, 0.05) is 0 Å². The van der Waals surface area contributed by atoms with Crippen LogP contribution in [0.3, 0.4) is 0 Å². The lowest BCUT2D eigenvalue weighted by molar-refractivity contribution is 0.196. The molecule has 0 bridgehead atoms. The third kappa shape index (κ3) is 2.14. The normalized spacial score (nSPS) is 31.8. The van der Waals surface area contributed by atoms with E-state index in [4.69, 9.17) is 5.73 Å². The molecule has 0 spiro atoms. The maximum Gasteiger partial charge on any atom is 0.135 e. The van der Waals surface area contributed by atoms with E-state index in [1.165, 1.54) is 19.3 Å². The zero-order valence-electron chi connectivity index (χ0n) is 9.28. The number of hydrogen-bond donors (Lipinski definition) is 1. The van der Waals surface area contributed by atoms with Gasteiger partial charge in [-0.1, -0.05) is 20.3 Å². The predicted octanol–water partition coefficient (Wildman–Crippen LogP) is 3.07. The highest BCUT2D eigenvalue weighted by atomic mass is 127. The minimum atomic E-state index is 0.497. The van der Waals surface area contributed by atoms with Gasteiger partial charge in [-0.05, 0) is 47.3 Å². The van der Waals surface area contributed by atoms with E-state index in [0.29, 0.717) is 12.0 Å². The van der Waals surface area contributed by atoms with Crippen molar-refractivity contribution in [1.29, 1.82) is 0 Å². The Kier molecular flexibility index (Phi) is 3.23. The van der Waals surface area contributed by atoms with E-state index in [9.17, 15) is 0 Å². The minimum Gasteiger partial charge on any atom is -0.383 e. The van der Waals surface area contributed by atoms with Crippen LogP contribution in [0, 0.1) is 15.4 Å². The molecule has 3 atom stereocenters. The van der Waals surface area contributed by atoms with E-state index in [2.05, 4.69) is 41.5 Å². The summed E-state index contributed by atoms with van der Waals surface area (Å²) in [5, 5.41) is 4.41. The van der Waals surface area contributed by atoms with Crippen LogP contribution in [0.4, 0.5) is 5.82 Å². The largest absolute Gasteiger partial charge is 0.383 e. The lowest BCUT2D eigenvalue weighted by atomic mass is 9.80. The molecule has 15 heavy (non-hydrogen) atoms. The Morgan fingerprint density at radius 3 is 2.80 bits per heavy atom. The molecule has 3 nitrogen and oxygen atoms in total. The summed E-state index contributed by atoms with van der Waals surface area (Å²) in [5.74, 6) is 2.33. The van der Waals surface area contributed by atoms with Crippen molar-refractivity contribution in [2.24, 2.45) is 11.8 Å². The fraction of sp³-hybridized carbons (Fsp3) is 0.727. The monoisotopic (exact) mass is 319 g/mol. The van der Waals surface area contributed by atoms with E-state index in [0.717, 1.165) is 15.3 Å². The van der Waals surface area contributed by atoms with E-state index < -0.39 is 0 Å². The summed E-state index contributed by atoms with van der Waals surface area (Å²) in [5.41, 5.74) is 6.03. The summed E-state index contributed by atoms with van der Waals surface area (Å²) in [6.07, 6.45) is 5.71. The molecule has 0 saturated heterocycles. The molecule has 0 amide bonds. The Bertz CT molecular complexity index is 348. The van der Waals surface area contributed by atoms with Gasteiger partial charge in [0.25, 0.3) is 0 Å². The highest BCUT2D eigenvalue weighted by Crippen LogP contribution is 2.38. The van der Waals surface area contributed by atoms with Crippen LogP contribution in [0.15, 0.2) is 6.20 Å². The van der Waals surface area contributed by atoms with Crippen molar-refractivity contribution in [3.8, 4) is 0 Å². The molecule has 0 aliphatic heterocycles. The third-order valence-electron chi connectivity index (χ3n) is 3.52. The molecule has 4 heteroatoms. The number of hydrogen-bond acceptors (Lipinski definition) is 2. The van der Waals surface area contributed by atoms with Crippen molar-refractivity contribution in [3.63, 3.8) is 0 Å². The number of nitrogen functional groups attached to an aromatic ring is 1. The number of anilines is 1. The van der Waals surface area contributed by atoms with Gasteiger partial charge in [-0.3, -0.25) is 0 Å². The minimum absolute atomic E-state index is 0.497. The fourth-order valence-electron chi connectivity index (χ4n) is 2.46. The highest BCUT2D eigenvalue weighted by molar-refractivity contribution is 14.1. The van der Waals surface area contributed by atoms with Crippen LogP contribution in [-0.4, -0.2) is 9.78 Å². The van der Waals surface area contributed by atoms with Crippen LogP contribution in [-0.2, 0) is 0 Å². The van der Waals surface area contributed by atoms with Gasteiger partial charge in [0.2, 0.25) is 0 Å². The van der Waals surface area contributed by atoms with Crippen molar-refractivity contribution >= 4 is 28.4 Å². The van der Waals surface area contributed by atoms with Gasteiger partial charge in [-0.2, -0.15) is 5.10 Å². The van der Waals surface area contributed by atoms with Crippen molar-refractivity contribution in [1.82, 2.24) is 9.78 Å². The number of halogens is 1. The lowest BCUT2D eigenvalue weighted by Crippen LogP contribution is -2.26. The molecule has 1 aromatic rings. The summed E-state index contributed by atoms with van der Waals surface area (Å²) in [6, 6.07) is 0.497. The van der Waals surface area contributed by atoms with Crippen LogP contribution >= 0.6 is 22.6 Å². The van der Waals surface area contributed by atoms with Crippen LogP contribution in [0.5, 0.6) is 0 Å². The first-order valence-corrected chi connectivity index (χ1v) is 6.66. The maximum absolute atomic E-state index is 6.03. The van der Waals surface area contributed by atoms with Crippen molar-refractivity contribution in [2.45, 2.75) is 39.2 Å². The quantitative estimate of drug-likeness (QED) is 0.809. The van der Waals surface area contributed by atoms with Gasteiger partial charge in [-0.25, -0.2) is 4.68 Å². The molecule has 3 unspecified atom stereocenters. The van der Waals surface area contributed by atoms with Gasteiger partial charge in [0.1, 0.15) is 5.82 Å². The SMILES string of the molecule is CC1CCC(C)C(n2ncc(I)c2N)C1.